The van der Waals surface area contributed by atoms with Gasteiger partial charge < -0.3 is 14.0 Å². The number of aromatic nitrogens is 2. The van der Waals surface area contributed by atoms with Crippen molar-refractivity contribution < 1.29 is 14.3 Å². The van der Waals surface area contributed by atoms with Crippen molar-refractivity contribution >= 4 is 17.0 Å². The second-order valence-electron chi connectivity index (χ2n) is 8.16. The number of carbonyl (C=O) groups is 1. The monoisotopic (exact) mass is 405 g/mol. The second-order valence-corrected chi connectivity index (χ2v) is 8.16. The van der Waals surface area contributed by atoms with Gasteiger partial charge in [-0.1, -0.05) is 27.7 Å². The fraction of sp³-hybridized carbons (Fsp3) is 0.375. The maximum absolute atomic E-state index is 12.0. The Morgan fingerprint density at radius 3 is 2.53 bits per heavy atom. The van der Waals surface area contributed by atoms with Crippen molar-refractivity contribution in [2.75, 3.05) is 13.7 Å². The minimum absolute atomic E-state index is 0.368. The van der Waals surface area contributed by atoms with Gasteiger partial charge in [0.05, 0.1) is 35.9 Å². The van der Waals surface area contributed by atoms with Crippen molar-refractivity contribution in [3.05, 3.63) is 47.5 Å². The summed E-state index contributed by atoms with van der Waals surface area (Å²) in [7, 11) is 1.37. The van der Waals surface area contributed by atoms with Gasteiger partial charge in [-0.2, -0.15) is 5.26 Å². The summed E-state index contributed by atoms with van der Waals surface area (Å²) in [6, 6.07) is 13.2. The fourth-order valence-corrected chi connectivity index (χ4v) is 3.28. The second kappa shape index (κ2) is 9.00. The summed E-state index contributed by atoms with van der Waals surface area (Å²) in [6.07, 6.45) is 0. The number of ether oxygens (including phenoxy) is 2. The molecule has 6 nitrogen and oxygen atoms in total. The van der Waals surface area contributed by atoms with Gasteiger partial charge in [-0.05, 0) is 48.2 Å². The van der Waals surface area contributed by atoms with Gasteiger partial charge in [0.2, 0.25) is 0 Å². The van der Waals surface area contributed by atoms with Crippen molar-refractivity contribution in [2.45, 2.75) is 34.2 Å². The average molecular weight is 405 g/mol. The van der Waals surface area contributed by atoms with Crippen LogP contribution in [0.5, 0.6) is 5.75 Å². The number of nitrogens with zero attached hydrogens (tertiary/aromatic N) is 3. The maximum Gasteiger partial charge on any atom is 0.337 e. The predicted molar refractivity (Wildman–Crippen MR) is 116 cm³/mol. The summed E-state index contributed by atoms with van der Waals surface area (Å²) in [6.45, 7) is 9.67. The van der Waals surface area contributed by atoms with Crippen LogP contribution in [0.1, 0.15) is 43.6 Å². The quantitative estimate of drug-likeness (QED) is 0.514. The standard InChI is InChI=1S/C24H27N3O3/c1-15(2)13-27-21-11-18(24(28)29-5)6-8-20(21)26-23(27)17-7-9-22(19(10-17)12-25)30-14-16(3)4/h6-11,15-16H,13-14H2,1-5H3. The van der Waals surface area contributed by atoms with Gasteiger partial charge >= 0.3 is 5.97 Å². The highest BCUT2D eigenvalue weighted by Crippen LogP contribution is 2.30. The lowest BCUT2D eigenvalue weighted by Crippen LogP contribution is -2.08. The van der Waals surface area contributed by atoms with Crippen LogP contribution >= 0.6 is 0 Å². The Morgan fingerprint density at radius 2 is 1.90 bits per heavy atom. The van der Waals surface area contributed by atoms with Crippen LogP contribution in [0.4, 0.5) is 0 Å². The third-order valence-corrected chi connectivity index (χ3v) is 4.65. The Bertz CT molecular complexity index is 1110. The smallest absolute Gasteiger partial charge is 0.337 e. The molecule has 0 saturated carbocycles. The number of imidazole rings is 1. The highest BCUT2D eigenvalue weighted by molar-refractivity contribution is 5.94. The number of fused-ring (bicyclic) bond motifs is 1. The van der Waals surface area contributed by atoms with Gasteiger partial charge in [0, 0.05) is 12.1 Å². The van der Waals surface area contributed by atoms with E-state index in [-0.39, 0.29) is 5.97 Å². The molecular formula is C24H27N3O3. The molecular weight excluding hydrogens is 378 g/mol. The maximum atomic E-state index is 12.0. The molecule has 156 valence electrons. The summed E-state index contributed by atoms with van der Waals surface area (Å²) >= 11 is 0. The molecule has 0 bridgehead atoms. The van der Waals surface area contributed by atoms with E-state index in [9.17, 15) is 10.1 Å². The van der Waals surface area contributed by atoms with Crippen LogP contribution in [-0.4, -0.2) is 29.2 Å². The van der Waals surface area contributed by atoms with Crippen LogP contribution in [-0.2, 0) is 11.3 Å². The van der Waals surface area contributed by atoms with E-state index in [1.54, 1.807) is 6.07 Å². The lowest BCUT2D eigenvalue weighted by Gasteiger charge is -2.14. The van der Waals surface area contributed by atoms with Gasteiger partial charge in [0.1, 0.15) is 17.6 Å². The number of methoxy groups -OCH3 is 1. The molecule has 0 fully saturated rings. The molecule has 1 aromatic heterocycles. The summed E-state index contributed by atoms with van der Waals surface area (Å²) in [5.41, 5.74) is 3.44. The number of nitriles is 1. The van der Waals surface area contributed by atoms with Crippen LogP contribution in [0.2, 0.25) is 0 Å². The molecule has 0 aliphatic rings. The Balaban J connectivity index is 2.12. The fourth-order valence-electron chi connectivity index (χ4n) is 3.28. The highest BCUT2D eigenvalue weighted by atomic mass is 16.5. The lowest BCUT2D eigenvalue weighted by molar-refractivity contribution is 0.0601. The Kier molecular flexibility index (Phi) is 6.41. The number of rotatable bonds is 7. The van der Waals surface area contributed by atoms with Crippen LogP contribution in [0.15, 0.2) is 36.4 Å². The SMILES string of the molecule is COC(=O)c1ccc2nc(-c3ccc(OCC(C)C)c(C#N)c3)n(CC(C)C)c2c1. The van der Waals surface area contributed by atoms with Crippen molar-refractivity contribution in [1.82, 2.24) is 9.55 Å². The first-order chi connectivity index (χ1) is 14.3. The predicted octanol–water partition coefficient (Wildman–Crippen LogP) is 5.05. The number of benzene rings is 2. The molecule has 0 amide bonds. The Labute approximate surface area is 177 Å². The van der Waals surface area contributed by atoms with Crippen molar-refractivity contribution in [3.8, 4) is 23.2 Å². The summed E-state index contributed by atoms with van der Waals surface area (Å²) < 4.78 is 12.7. The van der Waals surface area contributed by atoms with Gasteiger partial charge in [-0.3, -0.25) is 0 Å². The van der Waals surface area contributed by atoms with Crippen molar-refractivity contribution in [2.24, 2.45) is 11.8 Å². The molecule has 0 radical (unpaired) electrons. The molecule has 0 atom stereocenters. The van der Waals surface area contributed by atoms with Crippen LogP contribution in [0, 0.1) is 23.2 Å². The van der Waals surface area contributed by atoms with Gasteiger partial charge in [0.15, 0.2) is 0 Å². The van der Waals surface area contributed by atoms with E-state index in [4.69, 9.17) is 14.5 Å². The molecule has 1 heterocycles. The lowest BCUT2D eigenvalue weighted by atomic mass is 10.1. The molecule has 0 spiro atoms. The molecule has 2 aromatic carbocycles. The molecule has 0 aliphatic carbocycles. The van der Waals surface area contributed by atoms with Gasteiger partial charge in [-0.25, -0.2) is 9.78 Å². The van der Waals surface area contributed by atoms with E-state index in [1.165, 1.54) is 7.11 Å². The molecule has 30 heavy (non-hydrogen) atoms. The minimum Gasteiger partial charge on any atom is -0.492 e. The van der Waals surface area contributed by atoms with Crippen LogP contribution in [0.25, 0.3) is 22.4 Å². The molecule has 3 rings (SSSR count). The van der Waals surface area contributed by atoms with Crippen molar-refractivity contribution in [1.29, 1.82) is 5.26 Å². The molecule has 0 N–H and O–H groups in total. The van der Waals surface area contributed by atoms with E-state index < -0.39 is 0 Å². The van der Waals surface area contributed by atoms with E-state index in [2.05, 4.69) is 38.3 Å². The summed E-state index contributed by atoms with van der Waals surface area (Å²) in [5.74, 6) is 1.69. The molecule has 3 aromatic rings. The summed E-state index contributed by atoms with van der Waals surface area (Å²) in [5, 5.41) is 9.63. The zero-order valence-corrected chi connectivity index (χ0v) is 18.1. The van der Waals surface area contributed by atoms with E-state index >= 15 is 0 Å². The molecule has 0 unspecified atom stereocenters. The van der Waals surface area contributed by atoms with Crippen molar-refractivity contribution in [3.63, 3.8) is 0 Å². The van der Waals surface area contributed by atoms with Gasteiger partial charge in [0.25, 0.3) is 0 Å². The molecule has 0 aliphatic heterocycles. The highest BCUT2D eigenvalue weighted by Gasteiger charge is 2.17. The number of hydrogen-bond acceptors (Lipinski definition) is 5. The van der Waals surface area contributed by atoms with E-state index in [1.807, 2.05) is 30.3 Å². The van der Waals surface area contributed by atoms with E-state index in [0.717, 1.165) is 29.0 Å². The topological polar surface area (TPSA) is 77.1 Å². The third-order valence-electron chi connectivity index (χ3n) is 4.65. The number of esters is 1. The van der Waals surface area contributed by atoms with Gasteiger partial charge in [-0.15, -0.1) is 0 Å². The molecule has 6 heteroatoms. The van der Waals surface area contributed by atoms with Crippen LogP contribution in [0.3, 0.4) is 0 Å². The minimum atomic E-state index is -0.380. The summed E-state index contributed by atoms with van der Waals surface area (Å²) in [4.78, 5) is 16.8. The Hall–Kier alpha value is -3.33. The first-order valence-electron chi connectivity index (χ1n) is 10.1. The Morgan fingerprint density at radius 1 is 1.13 bits per heavy atom. The van der Waals surface area contributed by atoms with E-state index in [0.29, 0.717) is 35.3 Å². The zero-order valence-electron chi connectivity index (χ0n) is 18.1. The molecule has 0 saturated heterocycles. The number of carbonyl (C=O) groups excluding carboxylic acids is 1. The first-order valence-corrected chi connectivity index (χ1v) is 10.1. The first kappa shape index (κ1) is 21.4. The third kappa shape index (κ3) is 4.46. The number of hydrogen-bond donors (Lipinski definition) is 0. The average Bonchev–Trinajstić information content (AvgIpc) is 3.08. The van der Waals surface area contributed by atoms with Crippen LogP contribution < -0.4 is 4.74 Å². The zero-order chi connectivity index (χ0) is 21.8. The largest absolute Gasteiger partial charge is 0.492 e. The normalized spacial score (nSPS) is 11.1.